The van der Waals surface area contributed by atoms with E-state index in [1.54, 1.807) is 11.1 Å². The molecule has 0 unspecified atom stereocenters. The van der Waals surface area contributed by atoms with Crippen molar-refractivity contribution in [2.75, 3.05) is 0 Å². The quantitative estimate of drug-likeness (QED) is 0.571. The van der Waals surface area contributed by atoms with E-state index in [4.69, 9.17) is 0 Å². The average Bonchev–Trinajstić information content (AvgIpc) is 2.68. The van der Waals surface area contributed by atoms with Crippen molar-refractivity contribution >= 4 is 0 Å². The van der Waals surface area contributed by atoms with Crippen molar-refractivity contribution in [3.8, 4) is 0 Å². The zero-order chi connectivity index (χ0) is 11.4. The minimum Gasteiger partial charge on any atom is -0.0845 e. The van der Waals surface area contributed by atoms with Crippen LogP contribution in [0.4, 0.5) is 0 Å². The SMILES string of the molecule is CC(C)(C1=CC=CC1)/C1=C/C=C\CCCC1.[K+].[K+]. The normalized spacial score (nSPS) is 23.7. The van der Waals surface area contributed by atoms with Gasteiger partial charge in [-0.25, -0.2) is 0 Å². The van der Waals surface area contributed by atoms with Crippen LogP contribution >= 0.6 is 0 Å². The second-order valence-corrected chi connectivity index (χ2v) is 5.32. The van der Waals surface area contributed by atoms with Crippen molar-refractivity contribution in [2.45, 2.75) is 46.0 Å². The summed E-state index contributed by atoms with van der Waals surface area (Å²) in [5.74, 6) is 0. The van der Waals surface area contributed by atoms with Crippen LogP contribution in [0.1, 0.15) is 46.0 Å². The molecule has 18 heavy (non-hydrogen) atoms. The van der Waals surface area contributed by atoms with E-state index in [-0.39, 0.29) is 108 Å². The molecule has 0 aliphatic heterocycles. The third-order valence-corrected chi connectivity index (χ3v) is 3.88. The van der Waals surface area contributed by atoms with E-state index in [1.807, 2.05) is 0 Å². The fourth-order valence-corrected chi connectivity index (χ4v) is 2.58. The van der Waals surface area contributed by atoms with Crippen molar-refractivity contribution < 1.29 is 103 Å². The molecule has 0 aromatic carbocycles. The first-order valence-corrected chi connectivity index (χ1v) is 6.43. The Kier molecular flexibility index (Phi) is 11.3. The van der Waals surface area contributed by atoms with Crippen molar-refractivity contribution in [2.24, 2.45) is 5.41 Å². The summed E-state index contributed by atoms with van der Waals surface area (Å²) in [4.78, 5) is 0. The average molecular weight is 293 g/mol. The molecule has 0 aromatic rings. The smallest absolute Gasteiger partial charge is 0.0845 e. The fourth-order valence-electron chi connectivity index (χ4n) is 2.58. The maximum Gasteiger partial charge on any atom is 1.00 e. The molecular formula is C16H22K2+2. The molecule has 2 heteroatoms. The molecule has 2 aliphatic rings. The van der Waals surface area contributed by atoms with Crippen LogP contribution in [0.25, 0.3) is 0 Å². The third kappa shape index (κ3) is 5.55. The summed E-state index contributed by atoms with van der Waals surface area (Å²) in [5, 5.41) is 0. The Morgan fingerprint density at radius 3 is 2.22 bits per heavy atom. The van der Waals surface area contributed by atoms with Gasteiger partial charge in [0.25, 0.3) is 0 Å². The van der Waals surface area contributed by atoms with E-state index >= 15 is 0 Å². The van der Waals surface area contributed by atoms with Gasteiger partial charge in [-0.05, 0) is 32.1 Å². The second-order valence-electron chi connectivity index (χ2n) is 5.32. The minimum absolute atomic E-state index is 0. The molecule has 0 fully saturated rings. The van der Waals surface area contributed by atoms with Crippen LogP contribution in [0, 0.1) is 5.41 Å². The van der Waals surface area contributed by atoms with E-state index in [9.17, 15) is 0 Å². The van der Waals surface area contributed by atoms with Gasteiger partial charge < -0.3 is 0 Å². The van der Waals surface area contributed by atoms with Gasteiger partial charge in [0, 0.05) is 5.41 Å². The first kappa shape index (κ1) is 20.2. The zero-order valence-electron chi connectivity index (χ0n) is 12.5. The summed E-state index contributed by atoms with van der Waals surface area (Å²) in [6, 6.07) is 0. The molecular weight excluding hydrogens is 270 g/mol. The van der Waals surface area contributed by atoms with Gasteiger partial charge in [-0.1, -0.05) is 61.4 Å². The fraction of sp³-hybridized carbons (Fsp3) is 0.500. The molecule has 2 rings (SSSR count). The Balaban J connectivity index is 0.00000144. The molecule has 0 saturated heterocycles. The Bertz CT molecular complexity index is 371. The predicted octanol–water partition coefficient (Wildman–Crippen LogP) is -1.04. The maximum atomic E-state index is 2.37. The third-order valence-electron chi connectivity index (χ3n) is 3.88. The molecule has 0 saturated carbocycles. The second kappa shape index (κ2) is 10.0. The Labute approximate surface area is 197 Å². The zero-order valence-corrected chi connectivity index (χ0v) is 18.7. The molecule has 0 nitrogen and oxygen atoms in total. The number of rotatable bonds is 2. The molecule has 0 atom stereocenters. The van der Waals surface area contributed by atoms with Crippen molar-refractivity contribution in [3.63, 3.8) is 0 Å². The van der Waals surface area contributed by atoms with Gasteiger partial charge in [-0.3, -0.25) is 0 Å². The molecule has 0 heterocycles. The number of hydrogen-bond acceptors (Lipinski definition) is 0. The standard InChI is InChI=1S/C16H22.2K/c1-16(2,15-12-8-9-13-15)14-10-6-4-3-5-7-11-14;;/h4,6,8-10,12H,3,5,7,11,13H2,1-2H3;;/q;2*+1/b6-4-,14-10+;;. The van der Waals surface area contributed by atoms with Gasteiger partial charge in [0.15, 0.2) is 0 Å². The molecule has 0 aromatic heterocycles. The van der Waals surface area contributed by atoms with Gasteiger partial charge in [0.1, 0.15) is 0 Å². The van der Waals surface area contributed by atoms with Gasteiger partial charge in [-0.15, -0.1) is 0 Å². The number of allylic oxidation sites excluding steroid dienone is 8. The Morgan fingerprint density at radius 2 is 1.56 bits per heavy atom. The largest absolute Gasteiger partial charge is 1.00 e. The Hall–Kier alpha value is 2.23. The van der Waals surface area contributed by atoms with Crippen LogP contribution in [0.5, 0.6) is 0 Å². The van der Waals surface area contributed by atoms with Crippen LogP contribution in [-0.4, -0.2) is 0 Å². The first-order chi connectivity index (χ1) is 7.71. The van der Waals surface area contributed by atoms with Crippen LogP contribution < -0.4 is 103 Å². The molecule has 0 bridgehead atoms. The van der Waals surface area contributed by atoms with Crippen molar-refractivity contribution in [1.29, 1.82) is 0 Å². The molecule has 0 radical (unpaired) electrons. The van der Waals surface area contributed by atoms with Gasteiger partial charge in [-0.2, -0.15) is 0 Å². The van der Waals surface area contributed by atoms with Crippen LogP contribution in [0.15, 0.2) is 47.6 Å². The van der Waals surface area contributed by atoms with Crippen molar-refractivity contribution in [1.82, 2.24) is 0 Å². The van der Waals surface area contributed by atoms with Crippen molar-refractivity contribution in [3.05, 3.63) is 47.6 Å². The molecule has 86 valence electrons. The van der Waals surface area contributed by atoms with E-state index < -0.39 is 0 Å². The van der Waals surface area contributed by atoms with E-state index in [0.29, 0.717) is 0 Å². The first-order valence-electron chi connectivity index (χ1n) is 6.43. The van der Waals surface area contributed by atoms with Crippen LogP contribution in [0.3, 0.4) is 0 Å². The summed E-state index contributed by atoms with van der Waals surface area (Å²) in [7, 11) is 0. The Morgan fingerprint density at radius 1 is 0.889 bits per heavy atom. The van der Waals surface area contributed by atoms with Crippen LogP contribution in [-0.2, 0) is 0 Å². The predicted molar refractivity (Wildman–Crippen MR) is 71.3 cm³/mol. The van der Waals surface area contributed by atoms with E-state index in [0.717, 1.165) is 6.42 Å². The molecule has 2 aliphatic carbocycles. The molecule has 0 N–H and O–H groups in total. The maximum absolute atomic E-state index is 2.37. The summed E-state index contributed by atoms with van der Waals surface area (Å²) >= 11 is 0. The molecule has 0 amide bonds. The topological polar surface area (TPSA) is 0 Å². The summed E-state index contributed by atoms with van der Waals surface area (Å²) < 4.78 is 0. The van der Waals surface area contributed by atoms with Gasteiger partial charge >= 0.3 is 103 Å². The summed E-state index contributed by atoms with van der Waals surface area (Å²) in [5.41, 5.74) is 3.40. The van der Waals surface area contributed by atoms with Gasteiger partial charge in [0.2, 0.25) is 0 Å². The monoisotopic (exact) mass is 292 g/mol. The minimum atomic E-state index is 0. The van der Waals surface area contributed by atoms with Gasteiger partial charge in [0.05, 0.1) is 0 Å². The summed E-state index contributed by atoms with van der Waals surface area (Å²) in [6.07, 6.45) is 19.9. The van der Waals surface area contributed by atoms with Crippen LogP contribution in [0.2, 0.25) is 0 Å². The molecule has 0 spiro atoms. The van der Waals surface area contributed by atoms with E-state index in [1.165, 1.54) is 25.7 Å². The number of hydrogen-bond donors (Lipinski definition) is 0. The summed E-state index contributed by atoms with van der Waals surface area (Å²) in [6.45, 7) is 4.74. The van der Waals surface area contributed by atoms with E-state index in [2.05, 4.69) is 50.3 Å².